The van der Waals surface area contributed by atoms with Gasteiger partial charge in [0.15, 0.2) is 0 Å². The van der Waals surface area contributed by atoms with E-state index in [9.17, 15) is 14.9 Å². The lowest BCUT2D eigenvalue weighted by molar-refractivity contribution is -0.533. The molecule has 2 N–H and O–H groups in total. The topological polar surface area (TPSA) is 96.7 Å². The highest BCUT2D eigenvalue weighted by Gasteiger charge is 2.40. The van der Waals surface area contributed by atoms with Crippen LogP contribution in [0.5, 0.6) is 0 Å². The summed E-state index contributed by atoms with van der Waals surface area (Å²) in [5.41, 5.74) is 1.13. The fourth-order valence-corrected chi connectivity index (χ4v) is 4.39. The molecule has 0 spiro atoms. The molecule has 2 fully saturated rings. The van der Waals surface area contributed by atoms with Crippen LogP contribution in [-0.4, -0.2) is 64.6 Å². The predicted molar refractivity (Wildman–Crippen MR) is 106 cm³/mol. The summed E-state index contributed by atoms with van der Waals surface area (Å²) in [4.78, 5) is 26.0. The van der Waals surface area contributed by atoms with E-state index in [1.54, 1.807) is 23.1 Å². The molecular weight excluding hydrogens is 416 g/mol. The fourth-order valence-electron chi connectivity index (χ4n) is 3.74. The summed E-state index contributed by atoms with van der Waals surface area (Å²) in [6.45, 7) is 5.53. The molecule has 2 heterocycles. The van der Waals surface area contributed by atoms with Gasteiger partial charge in [0.1, 0.15) is 6.04 Å². The first kappa shape index (κ1) is 20.0. The Hall–Kier alpha value is -1.71. The van der Waals surface area contributed by atoms with Crippen molar-refractivity contribution >= 4 is 27.5 Å². The minimum absolute atomic E-state index is 0.0221. The third-order valence-electron chi connectivity index (χ3n) is 4.92. The molecule has 9 heteroatoms. The van der Waals surface area contributed by atoms with E-state index in [0.29, 0.717) is 30.9 Å². The van der Waals surface area contributed by atoms with Crippen molar-refractivity contribution in [1.29, 1.82) is 0 Å². The summed E-state index contributed by atoms with van der Waals surface area (Å²) < 4.78 is 5.71. The first-order valence-electron chi connectivity index (χ1n) is 9.18. The van der Waals surface area contributed by atoms with Gasteiger partial charge in [0, 0.05) is 35.1 Å². The zero-order valence-corrected chi connectivity index (χ0v) is 17.0. The van der Waals surface area contributed by atoms with Gasteiger partial charge in [0.2, 0.25) is 0 Å². The van der Waals surface area contributed by atoms with Gasteiger partial charge in [-0.15, -0.1) is 0 Å². The number of nitrogens with zero attached hydrogens (tertiary/aromatic N) is 2. The molecule has 2 saturated heterocycles. The summed E-state index contributed by atoms with van der Waals surface area (Å²) in [5, 5.41) is 17.6. The zero-order valence-electron chi connectivity index (χ0n) is 15.4. The van der Waals surface area contributed by atoms with Gasteiger partial charge in [-0.05, 0) is 32.4 Å². The van der Waals surface area contributed by atoms with Gasteiger partial charge in [0.25, 0.3) is 12.1 Å². The number of nitro groups is 1. The second-order valence-electron chi connectivity index (χ2n) is 7.17. The van der Waals surface area contributed by atoms with Crippen molar-refractivity contribution in [3.05, 3.63) is 39.9 Å². The smallest absolute Gasteiger partial charge is 0.287 e. The van der Waals surface area contributed by atoms with Crippen LogP contribution in [0.1, 0.15) is 30.6 Å². The number of para-hydroxylation sites is 1. The molecule has 0 saturated carbocycles. The number of halogens is 1. The van der Waals surface area contributed by atoms with Gasteiger partial charge < -0.3 is 15.0 Å². The number of nitrogens with one attached hydrogen (secondary N) is 2. The molecule has 0 bridgehead atoms. The Balaban J connectivity index is 1.83. The summed E-state index contributed by atoms with van der Waals surface area (Å²) in [7, 11) is 0. The number of ether oxygens (including phenoxy) is 1. The van der Waals surface area contributed by atoms with E-state index < -0.39 is 12.2 Å². The van der Waals surface area contributed by atoms with E-state index in [1.165, 1.54) is 0 Å². The number of benzene rings is 1. The molecule has 1 amide bonds. The van der Waals surface area contributed by atoms with Gasteiger partial charge in [-0.3, -0.25) is 20.2 Å². The third kappa shape index (κ3) is 4.59. The van der Waals surface area contributed by atoms with Crippen LogP contribution in [0.2, 0.25) is 0 Å². The van der Waals surface area contributed by atoms with Crippen molar-refractivity contribution in [3.8, 4) is 0 Å². The molecule has 2 aliphatic rings. The minimum Gasteiger partial charge on any atom is -0.373 e. The van der Waals surface area contributed by atoms with Crippen LogP contribution in [0.3, 0.4) is 0 Å². The van der Waals surface area contributed by atoms with Crippen molar-refractivity contribution in [3.63, 3.8) is 0 Å². The average molecular weight is 441 g/mol. The number of carbonyl (C=O) groups is 1. The maximum atomic E-state index is 13.1. The van der Waals surface area contributed by atoms with Gasteiger partial charge in [-0.2, -0.15) is 0 Å². The first-order chi connectivity index (χ1) is 12.9. The molecule has 3 rings (SSSR count). The summed E-state index contributed by atoms with van der Waals surface area (Å²) in [5.74, 6) is -0.0901. The fraction of sp³-hybridized carbons (Fsp3) is 0.611. The molecule has 0 aliphatic carbocycles. The molecule has 2 aliphatic heterocycles. The lowest BCUT2D eigenvalue weighted by Crippen LogP contribution is -2.58. The van der Waals surface area contributed by atoms with Gasteiger partial charge in [-0.1, -0.05) is 28.1 Å². The number of amides is 1. The third-order valence-corrected chi connectivity index (χ3v) is 5.94. The maximum absolute atomic E-state index is 13.1. The van der Waals surface area contributed by atoms with E-state index in [1.807, 2.05) is 19.9 Å². The number of hydrogen-bond acceptors (Lipinski definition) is 6. The first-order valence-corrected chi connectivity index (χ1v) is 10.1. The molecule has 0 radical (unpaired) electrons. The van der Waals surface area contributed by atoms with Crippen molar-refractivity contribution in [2.75, 3.05) is 25.0 Å². The van der Waals surface area contributed by atoms with Crippen LogP contribution < -0.4 is 10.6 Å². The SMILES string of the molecule is C[C@@H]1CN(C(=O)c2ccccc2N[C@H]2C(Br)CCNC2[N+](=O)[O-])C[C@H](C)O1. The Morgan fingerprint density at radius 1 is 1.33 bits per heavy atom. The molecule has 148 valence electrons. The second-order valence-corrected chi connectivity index (χ2v) is 8.35. The van der Waals surface area contributed by atoms with Crippen molar-refractivity contribution in [2.45, 2.75) is 49.5 Å². The largest absolute Gasteiger partial charge is 0.373 e. The average Bonchev–Trinajstić information content (AvgIpc) is 2.62. The number of rotatable bonds is 4. The predicted octanol–water partition coefficient (Wildman–Crippen LogP) is 2.08. The quantitative estimate of drug-likeness (QED) is 0.422. The van der Waals surface area contributed by atoms with Crippen LogP contribution in [0.25, 0.3) is 0 Å². The normalized spacial score (nSPS) is 31.4. The molecule has 1 aromatic carbocycles. The molecule has 0 aromatic heterocycles. The van der Waals surface area contributed by atoms with Crippen LogP contribution in [0, 0.1) is 10.1 Å². The Morgan fingerprint density at radius 2 is 2.00 bits per heavy atom. The Morgan fingerprint density at radius 3 is 2.67 bits per heavy atom. The number of hydrogen-bond donors (Lipinski definition) is 2. The van der Waals surface area contributed by atoms with E-state index in [4.69, 9.17) is 4.74 Å². The highest BCUT2D eigenvalue weighted by molar-refractivity contribution is 9.09. The van der Waals surface area contributed by atoms with Crippen LogP contribution in [0.15, 0.2) is 24.3 Å². The highest BCUT2D eigenvalue weighted by Crippen LogP contribution is 2.26. The van der Waals surface area contributed by atoms with Crippen LogP contribution >= 0.6 is 15.9 Å². The second kappa shape index (κ2) is 8.53. The number of piperidine rings is 1. The number of anilines is 1. The molecule has 27 heavy (non-hydrogen) atoms. The van der Waals surface area contributed by atoms with E-state index in [2.05, 4.69) is 26.6 Å². The molecule has 5 atom stereocenters. The Labute approximate surface area is 166 Å². The minimum atomic E-state index is -0.922. The zero-order chi connectivity index (χ0) is 19.6. The van der Waals surface area contributed by atoms with Crippen molar-refractivity contribution < 1.29 is 14.5 Å². The number of alkyl halides is 1. The molecule has 8 nitrogen and oxygen atoms in total. The van der Waals surface area contributed by atoms with Crippen molar-refractivity contribution in [1.82, 2.24) is 10.2 Å². The van der Waals surface area contributed by atoms with Gasteiger partial charge >= 0.3 is 0 Å². The number of carbonyl (C=O) groups excluding carboxylic acids is 1. The number of morpholine rings is 1. The van der Waals surface area contributed by atoms with E-state index in [0.717, 1.165) is 6.42 Å². The maximum Gasteiger partial charge on any atom is 0.287 e. The highest BCUT2D eigenvalue weighted by atomic mass is 79.9. The molecule has 1 aromatic rings. The van der Waals surface area contributed by atoms with E-state index in [-0.39, 0.29) is 27.9 Å². The van der Waals surface area contributed by atoms with E-state index >= 15 is 0 Å². The summed E-state index contributed by atoms with van der Waals surface area (Å²) >= 11 is 3.56. The monoisotopic (exact) mass is 440 g/mol. The van der Waals surface area contributed by atoms with Crippen LogP contribution in [0.4, 0.5) is 5.69 Å². The molecular formula is C18H25BrN4O4. The van der Waals surface area contributed by atoms with Gasteiger partial charge in [-0.25, -0.2) is 0 Å². The summed E-state index contributed by atoms with van der Waals surface area (Å²) in [6.07, 6.45) is -0.205. The summed E-state index contributed by atoms with van der Waals surface area (Å²) in [6, 6.07) is 6.72. The standard InChI is InChI=1S/C18H25BrN4O4/c1-11-9-22(10-12(2)27-11)18(24)13-5-3-4-6-15(13)21-16-14(19)7-8-20-17(16)23(25)26/h3-6,11-12,14,16-17,20-21H,7-10H2,1-2H3/t11-,12+,14?,16-,17?/m0/s1. The van der Waals surface area contributed by atoms with Gasteiger partial charge in [0.05, 0.1) is 17.8 Å². The lowest BCUT2D eigenvalue weighted by Gasteiger charge is -2.36. The van der Waals surface area contributed by atoms with Crippen LogP contribution in [-0.2, 0) is 4.74 Å². The molecule has 2 unspecified atom stereocenters. The van der Waals surface area contributed by atoms with Crippen molar-refractivity contribution in [2.24, 2.45) is 0 Å². The Kier molecular flexibility index (Phi) is 6.33. The lowest BCUT2D eigenvalue weighted by atomic mass is 10.0. The Bertz CT molecular complexity index is 694.